The quantitative estimate of drug-likeness (QED) is 0.764. The van der Waals surface area contributed by atoms with Gasteiger partial charge in [0.15, 0.2) is 0 Å². The van der Waals surface area contributed by atoms with E-state index < -0.39 is 0 Å². The van der Waals surface area contributed by atoms with E-state index in [0.29, 0.717) is 13.0 Å². The molecule has 3 nitrogen and oxygen atoms in total. The van der Waals surface area contributed by atoms with Crippen molar-refractivity contribution >= 4 is 17.7 Å². The lowest BCUT2D eigenvalue weighted by Gasteiger charge is -2.16. The average molecular weight is 202 g/mol. The van der Waals surface area contributed by atoms with E-state index in [9.17, 15) is 4.79 Å². The van der Waals surface area contributed by atoms with Crippen molar-refractivity contribution in [1.82, 2.24) is 0 Å². The van der Waals surface area contributed by atoms with E-state index in [2.05, 4.69) is 11.4 Å². The summed E-state index contributed by atoms with van der Waals surface area (Å²) in [6, 6.07) is 6.09. The fourth-order valence-corrected chi connectivity index (χ4v) is 1.70. The standard InChI is InChI=1S/C12H14N2O/c13-7-1-2-9-3-4-10-5-6-12(15)14-11(10)8-9/h1-4,8H,5-7,13H2,(H,14,15)/b2-1+. The van der Waals surface area contributed by atoms with Crippen LogP contribution >= 0.6 is 0 Å². The molecule has 0 saturated carbocycles. The minimum atomic E-state index is 0.0995. The van der Waals surface area contributed by atoms with Crippen molar-refractivity contribution in [3.63, 3.8) is 0 Å². The van der Waals surface area contributed by atoms with E-state index in [-0.39, 0.29) is 5.91 Å². The molecular formula is C12H14N2O. The zero-order valence-corrected chi connectivity index (χ0v) is 8.49. The predicted octanol–water partition coefficient (Wildman–Crippen LogP) is 1.54. The lowest BCUT2D eigenvalue weighted by Crippen LogP contribution is -2.18. The van der Waals surface area contributed by atoms with Crippen molar-refractivity contribution in [3.05, 3.63) is 35.4 Å². The Morgan fingerprint density at radius 2 is 2.27 bits per heavy atom. The average Bonchev–Trinajstić information content (AvgIpc) is 2.25. The van der Waals surface area contributed by atoms with Crippen molar-refractivity contribution in [2.45, 2.75) is 12.8 Å². The molecular weight excluding hydrogens is 188 g/mol. The first-order valence-corrected chi connectivity index (χ1v) is 5.09. The maximum atomic E-state index is 11.2. The highest BCUT2D eigenvalue weighted by molar-refractivity contribution is 5.94. The van der Waals surface area contributed by atoms with Crippen LogP contribution in [-0.2, 0) is 11.2 Å². The SMILES string of the molecule is NC/C=C/c1ccc2c(c1)NC(=O)CC2. The van der Waals surface area contributed by atoms with Crippen LogP contribution < -0.4 is 11.1 Å². The summed E-state index contributed by atoms with van der Waals surface area (Å²) < 4.78 is 0. The number of carbonyl (C=O) groups excluding carboxylic acids is 1. The number of amides is 1. The molecule has 0 unspecified atom stereocenters. The molecule has 0 bridgehead atoms. The van der Waals surface area contributed by atoms with Crippen molar-refractivity contribution < 1.29 is 4.79 Å². The molecule has 78 valence electrons. The van der Waals surface area contributed by atoms with E-state index in [1.807, 2.05) is 24.3 Å². The van der Waals surface area contributed by atoms with Gasteiger partial charge in [-0.15, -0.1) is 0 Å². The summed E-state index contributed by atoms with van der Waals surface area (Å²) in [4.78, 5) is 11.2. The van der Waals surface area contributed by atoms with Gasteiger partial charge in [0.1, 0.15) is 0 Å². The van der Waals surface area contributed by atoms with Crippen molar-refractivity contribution in [1.29, 1.82) is 0 Å². The van der Waals surface area contributed by atoms with Gasteiger partial charge < -0.3 is 11.1 Å². The number of fused-ring (bicyclic) bond motifs is 1. The van der Waals surface area contributed by atoms with Crippen LogP contribution in [0.5, 0.6) is 0 Å². The van der Waals surface area contributed by atoms with E-state index in [0.717, 1.165) is 17.7 Å². The number of aryl methyl sites for hydroxylation is 1. The first-order chi connectivity index (χ1) is 7.29. The topological polar surface area (TPSA) is 55.1 Å². The molecule has 1 aromatic carbocycles. The second-order valence-corrected chi connectivity index (χ2v) is 3.60. The van der Waals surface area contributed by atoms with Crippen LogP contribution in [0.3, 0.4) is 0 Å². The second kappa shape index (κ2) is 4.28. The second-order valence-electron chi connectivity index (χ2n) is 3.60. The normalized spacial score (nSPS) is 15.1. The highest BCUT2D eigenvalue weighted by Gasteiger charge is 2.13. The van der Waals surface area contributed by atoms with Crippen LogP contribution in [0.25, 0.3) is 6.08 Å². The number of rotatable bonds is 2. The predicted molar refractivity (Wildman–Crippen MR) is 61.5 cm³/mol. The van der Waals surface area contributed by atoms with E-state index in [1.54, 1.807) is 0 Å². The maximum absolute atomic E-state index is 11.2. The first-order valence-electron chi connectivity index (χ1n) is 5.09. The molecule has 0 fully saturated rings. The van der Waals surface area contributed by atoms with Crippen LogP contribution in [0, 0.1) is 0 Å². The molecule has 0 aliphatic carbocycles. The summed E-state index contributed by atoms with van der Waals surface area (Å²) in [5.74, 6) is 0.0995. The molecule has 1 aliphatic rings. The van der Waals surface area contributed by atoms with Crippen LogP contribution in [0.15, 0.2) is 24.3 Å². The molecule has 0 spiro atoms. The largest absolute Gasteiger partial charge is 0.327 e. The molecule has 2 rings (SSSR count). The van der Waals surface area contributed by atoms with Gasteiger partial charge in [-0.3, -0.25) is 4.79 Å². The maximum Gasteiger partial charge on any atom is 0.224 e. The third-order valence-electron chi connectivity index (χ3n) is 2.48. The number of anilines is 1. The number of carbonyl (C=O) groups is 1. The monoisotopic (exact) mass is 202 g/mol. The highest BCUT2D eigenvalue weighted by Crippen LogP contribution is 2.24. The lowest BCUT2D eigenvalue weighted by atomic mass is 10.0. The number of hydrogen-bond donors (Lipinski definition) is 2. The van der Waals surface area contributed by atoms with Crippen LogP contribution in [0.2, 0.25) is 0 Å². The molecule has 0 aromatic heterocycles. The van der Waals surface area contributed by atoms with Crippen LogP contribution in [0.4, 0.5) is 5.69 Å². The smallest absolute Gasteiger partial charge is 0.224 e. The molecule has 1 heterocycles. The van der Waals surface area contributed by atoms with Gasteiger partial charge in [-0.05, 0) is 23.6 Å². The Kier molecular flexibility index (Phi) is 2.83. The molecule has 1 aliphatic heterocycles. The van der Waals surface area contributed by atoms with Gasteiger partial charge >= 0.3 is 0 Å². The van der Waals surface area contributed by atoms with Crippen LogP contribution in [0.1, 0.15) is 17.5 Å². The first kappa shape index (κ1) is 9.93. The van der Waals surface area contributed by atoms with E-state index in [1.165, 1.54) is 5.56 Å². The van der Waals surface area contributed by atoms with Gasteiger partial charge in [-0.2, -0.15) is 0 Å². The Morgan fingerprint density at radius 1 is 1.40 bits per heavy atom. The van der Waals surface area contributed by atoms with Gasteiger partial charge in [0, 0.05) is 18.7 Å². The molecule has 3 heteroatoms. The summed E-state index contributed by atoms with van der Waals surface area (Å²) in [6.45, 7) is 0.531. The molecule has 3 N–H and O–H groups in total. The van der Waals surface area contributed by atoms with Gasteiger partial charge in [0.25, 0.3) is 0 Å². The summed E-state index contributed by atoms with van der Waals surface area (Å²) in [7, 11) is 0. The van der Waals surface area contributed by atoms with Gasteiger partial charge in [-0.1, -0.05) is 24.3 Å². The molecule has 1 aromatic rings. The number of nitrogens with one attached hydrogen (secondary N) is 1. The van der Waals surface area contributed by atoms with Crippen molar-refractivity contribution in [3.8, 4) is 0 Å². The van der Waals surface area contributed by atoms with Crippen molar-refractivity contribution in [2.75, 3.05) is 11.9 Å². The fraction of sp³-hybridized carbons (Fsp3) is 0.250. The minimum absolute atomic E-state index is 0.0995. The summed E-state index contributed by atoms with van der Waals surface area (Å²) in [6.07, 6.45) is 5.28. The Labute approximate surface area is 89.0 Å². The molecule has 1 amide bonds. The summed E-state index contributed by atoms with van der Waals surface area (Å²) in [5, 5.41) is 2.87. The van der Waals surface area contributed by atoms with Gasteiger partial charge in [0.2, 0.25) is 5.91 Å². The van der Waals surface area contributed by atoms with Gasteiger partial charge in [-0.25, -0.2) is 0 Å². The lowest BCUT2D eigenvalue weighted by molar-refractivity contribution is -0.116. The van der Waals surface area contributed by atoms with E-state index in [4.69, 9.17) is 5.73 Å². The number of benzene rings is 1. The molecule has 0 atom stereocenters. The van der Waals surface area contributed by atoms with Crippen molar-refractivity contribution in [2.24, 2.45) is 5.73 Å². The van der Waals surface area contributed by atoms with E-state index >= 15 is 0 Å². The Balaban J connectivity index is 2.28. The Hall–Kier alpha value is -1.61. The molecule has 0 radical (unpaired) electrons. The third-order valence-corrected chi connectivity index (χ3v) is 2.48. The Bertz CT molecular complexity index is 410. The highest BCUT2D eigenvalue weighted by atomic mass is 16.1. The number of hydrogen-bond acceptors (Lipinski definition) is 2. The third kappa shape index (κ3) is 2.25. The zero-order chi connectivity index (χ0) is 10.7. The van der Waals surface area contributed by atoms with Gasteiger partial charge in [0.05, 0.1) is 0 Å². The molecule has 15 heavy (non-hydrogen) atoms. The summed E-state index contributed by atoms with van der Waals surface area (Å²) in [5.41, 5.74) is 8.59. The zero-order valence-electron chi connectivity index (χ0n) is 8.49. The molecule has 0 saturated heterocycles. The fourth-order valence-electron chi connectivity index (χ4n) is 1.70. The van der Waals surface area contributed by atoms with Crippen LogP contribution in [-0.4, -0.2) is 12.5 Å². The minimum Gasteiger partial charge on any atom is -0.327 e. The summed E-state index contributed by atoms with van der Waals surface area (Å²) >= 11 is 0. The Morgan fingerprint density at radius 3 is 3.07 bits per heavy atom. The number of nitrogens with two attached hydrogens (primary N) is 1.